The van der Waals surface area contributed by atoms with Crippen LogP contribution in [-0.2, 0) is 36.8 Å². The Morgan fingerprint density at radius 1 is 1.08 bits per heavy atom. The number of β-amino-alcohol motifs (C(OH)–C–C–N with tert-alkyl or cyclic N) is 1. The fourth-order valence-corrected chi connectivity index (χ4v) is 4.54. The van der Waals surface area contributed by atoms with Gasteiger partial charge in [0, 0.05) is 39.5 Å². The average molecular weight is 547 g/mol. The number of likely N-dealkylation sites (tertiary alicyclic amines) is 1. The molecule has 1 fully saturated rings. The number of hydrogen-bond donors (Lipinski definition) is 4. The molecule has 10 heteroatoms. The first kappa shape index (κ1) is 32.2. The number of carbonyl (C=O) groups is 4. The normalized spacial score (nSPS) is 16.9. The van der Waals surface area contributed by atoms with Crippen LogP contribution >= 0.6 is 0 Å². The number of aryl methyl sites for hydroxylation is 2. The molecule has 0 bridgehead atoms. The number of nitrogens with one attached hydrogen (secondary N) is 2. The largest absolute Gasteiger partial charge is 0.391 e. The van der Waals surface area contributed by atoms with E-state index in [2.05, 4.69) is 10.6 Å². The highest BCUT2D eigenvalue weighted by Gasteiger charge is 2.37. The summed E-state index contributed by atoms with van der Waals surface area (Å²) in [4.78, 5) is 49.7. The van der Waals surface area contributed by atoms with Crippen molar-refractivity contribution in [2.75, 3.05) is 26.3 Å². The van der Waals surface area contributed by atoms with Crippen LogP contribution in [0.1, 0.15) is 70.9 Å². The van der Waals surface area contributed by atoms with E-state index >= 15 is 0 Å². The minimum Gasteiger partial charge on any atom is -0.391 e. The van der Waals surface area contributed by atoms with Crippen molar-refractivity contribution >= 4 is 23.6 Å². The van der Waals surface area contributed by atoms with Crippen LogP contribution in [0.2, 0.25) is 0 Å². The number of amides is 4. The molecule has 0 saturated carbocycles. The van der Waals surface area contributed by atoms with Gasteiger partial charge in [0.15, 0.2) is 0 Å². The Kier molecular flexibility index (Phi) is 12.9. The van der Waals surface area contributed by atoms with Gasteiger partial charge in [0.05, 0.1) is 18.8 Å². The zero-order valence-corrected chi connectivity index (χ0v) is 23.8. The molecule has 4 amide bonds. The molecule has 0 unspecified atom stereocenters. The topological polar surface area (TPSA) is 151 Å². The molecular weight excluding hydrogens is 500 g/mol. The zero-order chi connectivity index (χ0) is 29.0. The smallest absolute Gasteiger partial charge is 0.245 e. The number of nitrogens with zero attached hydrogens (tertiary/aromatic N) is 1. The van der Waals surface area contributed by atoms with Gasteiger partial charge in [-0.15, -0.1) is 0 Å². The molecule has 0 aliphatic carbocycles. The number of nitrogens with two attached hydrogens (primary N) is 1. The Balaban J connectivity index is 1.74. The molecule has 0 radical (unpaired) electrons. The van der Waals surface area contributed by atoms with Crippen molar-refractivity contribution in [3.8, 4) is 0 Å². The number of rotatable bonds is 15. The van der Waals surface area contributed by atoms with Crippen molar-refractivity contribution < 1.29 is 29.0 Å². The Bertz CT molecular complexity index is 960. The molecule has 3 atom stereocenters. The summed E-state index contributed by atoms with van der Waals surface area (Å²) in [5.41, 5.74) is 6.95. The monoisotopic (exact) mass is 546 g/mol. The van der Waals surface area contributed by atoms with Crippen molar-refractivity contribution in [1.29, 1.82) is 0 Å². The van der Waals surface area contributed by atoms with Crippen LogP contribution in [0, 0.1) is 5.41 Å². The number of carbonyl (C=O) groups excluding carboxylic acids is 4. The lowest BCUT2D eigenvalue weighted by molar-refractivity contribution is -0.138. The van der Waals surface area contributed by atoms with Gasteiger partial charge in [-0.3, -0.25) is 19.2 Å². The van der Waals surface area contributed by atoms with Gasteiger partial charge in [0.1, 0.15) is 6.04 Å². The zero-order valence-electron chi connectivity index (χ0n) is 23.8. The van der Waals surface area contributed by atoms with Gasteiger partial charge in [-0.05, 0) is 48.6 Å². The van der Waals surface area contributed by atoms with E-state index in [9.17, 15) is 24.3 Å². The first-order chi connectivity index (χ1) is 18.3. The highest BCUT2D eigenvalue weighted by Crippen LogP contribution is 2.23. The second-order valence-corrected chi connectivity index (χ2v) is 11.5. The van der Waals surface area contributed by atoms with E-state index in [-0.39, 0.29) is 36.6 Å². The van der Waals surface area contributed by atoms with Gasteiger partial charge < -0.3 is 31.1 Å². The quantitative estimate of drug-likeness (QED) is 0.245. The molecular formula is C29H46N4O6. The van der Waals surface area contributed by atoms with Crippen LogP contribution in [0.4, 0.5) is 0 Å². The number of primary amides is 1. The van der Waals surface area contributed by atoms with E-state index < -0.39 is 23.5 Å². The highest BCUT2D eigenvalue weighted by atomic mass is 16.5. The lowest BCUT2D eigenvalue weighted by atomic mass is 9.85. The van der Waals surface area contributed by atoms with Crippen LogP contribution in [-0.4, -0.2) is 78.1 Å². The standard InChI is InChI=1S/C29H46N4O6/c1-20(34)31-23(12-13-25(30)36)19-39-17-5-6-21-7-9-22(10-8-21)11-14-26(37)32-27(29(2,3)4)28(38)33-16-15-24(35)18-33/h7-10,23-24,27,35H,5-6,11-19H2,1-4H3,(H2,30,36)(H,31,34)(H,32,37)/t23-,24+,27+/m0/s1. The maximum atomic E-state index is 13.0. The van der Waals surface area contributed by atoms with Crippen LogP contribution in [0.15, 0.2) is 24.3 Å². The van der Waals surface area contributed by atoms with Crippen molar-refractivity contribution in [2.45, 2.75) is 90.8 Å². The molecule has 0 aromatic heterocycles. The fraction of sp³-hybridized carbons (Fsp3) is 0.655. The summed E-state index contributed by atoms with van der Waals surface area (Å²) in [6.45, 7) is 8.89. The van der Waals surface area contributed by atoms with E-state index in [1.807, 2.05) is 45.0 Å². The summed E-state index contributed by atoms with van der Waals surface area (Å²) in [7, 11) is 0. The van der Waals surface area contributed by atoms with E-state index in [4.69, 9.17) is 10.5 Å². The van der Waals surface area contributed by atoms with Gasteiger partial charge in [-0.25, -0.2) is 0 Å². The van der Waals surface area contributed by atoms with E-state index in [1.165, 1.54) is 6.92 Å². The molecule has 10 nitrogen and oxygen atoms in total. The maximum Gasteiger partial charge on any atom is 0.245 e. The van der Waals surface area contributed by atoms with Gasteiger partial charge in [0.25, 0.3) is 0 Å². The third-order valence-corrected chi connectivity index (χ3v) is 6.78. The molecule has 1 aromatic rings. The van der Waals surface area contributed by atoms with Gasteiger partial charge >= 0.3 is 0 Å². The maximum absolute atomic E-state index is 13.0. The SMILES string of the molecule is CC(=O)N[C@@H](CCC(N)=O)COCCCc1ccc(CCC(=O)N[C@H](C(=O)N2CC[C@@H](O)C2)C(C)(C)C)cc1. The molecule has 5 N–H and O–H groups in total. The third kappa shape index (κ3) is 12.2. The average Bonchev–Trinajstić information content (AvgIpc) is 3.29. The lowest BCUT2D eigenvalue weighted by Gasteiger charge is -2.33. The molecule has 1 aliphatic rings. The Labute approximate surface area is 232 Å². The van der Waals surface area contributed by atoms with Crippen molar-refractivity contribution in [2.24, 2.45) is 11.1 Å². The third-order valence-electron chi connectivity index (χ3n) is 6.78. The summed E-state index contributed by atoms with van der Waals surface area (Å²) in [5.74, 6) is -0.886. The van der Waals surface area contributed by atoms with Gasteiger partial charge in [-0.2, -0.15) is 0 Å². The number of aliphatic hydroxyl groups excluding tert-OH is 1. The predicted molar refractivity (Wildman–Crippen MR) is 149 cm³/mol. The number of hydrogen-bond acceptors (Lipinski definition) is 6. The Morgan fingerprint density at radius 2 is 1.72 bits per heavy atom. The summed E-state index contributed by atoms with van der Waals surface area (Å²) in [5, 5.41) is 15.5. The molecule has 2 rings (SSSR count). The molecule has 1 aromatic carbocycles. The van der Waals surface area contributed by atoms with Crippen LogP contribution in [0.25, 0.3) is 0 Å². The fourth-order valence-electron chi connectivity index (χ4n) is 4.54. The van der Waals surface area contributed by atoms with Crippen LogP contribution in [0.3, 0.4) is 0 Å². The molecule has 1 heterocycles. The van der Waals surface area contributed by atoms with E-state index in [1.54, 1.807) is 4.90 Å². The lowest BCUT2D eigenvalue weighted by Crippen LogP contribution is -2.54. The predicted octanol–water partition coefficient (Wildman–Crippen LogP) is 1.46. The number of ether oxygens (including phenoxy) is 1. The molecule has 1 saturated heterocycles. The van der Waals surface area contributed by atoms with Crippen molar-refractivity contribution in [3.05, 3.63) is 35.4 Å². The minimum absolute atomic E-state index is 0.142. The molecule has 0 spiro atoms. The first-order valence-corrected chi connectivity index (χ1v) is 13.8. The summed E-state index contributed by atoms with van der Waals surface area (Å²) in [6, 6.07) is 7.23. The summed E-state index contributed by atoms with van der Waals surface area (Å²) < 4.78 is 5.70. The first-order valence-electron chi connectivity index (χ1n) is 13.8. The Morgan fingerprint density at radius 3 is 2.26 bits per heavy atom. The van der Waals surface area contributed by atoms with Crippen molar-refractivity contribution in [3.63, 3.8) is 0 Å². The molecule has 218 valence electrons. The van der Waals surface area contributed by atoms with E-state index in [0.29, 0.717) is 45.6 Å². The minimum atomic E-state index is -0.642. The van der Waals surface area contributed by atoms with Gasteiger partial charge in [0.2, 0.25) is 23.6 Å². The van der Waals surface area contributed by atoms with Gasteiger partial charge in [-0.1, -0.05) is 45.0 Å². The molecule has 1 aliphatic heterocycles. The van der Waals surface area contributed by atoms with Crippen molar-refractivity contribution in [1.82, 2.24) is 15.5 Å². The molecule has 39 heavy (non-hydrogen) atoms. The number of aliphatic hydroxyl groups is 1. The second kappa shape index (κ2) is 15.6. The van der Waals surface area contributed by atoms with Crippen LogP contribution in [0.5, 0.6) is 0 Å². The van der Waals surface area contributed by atoms with E-state index in [0.717, 1.165) is 24.0 Å². The highest BCUT2D eigenvalue weighted by molar-refractivity contribution is 5.88. The summed E-state index contributed by atoms with van der Waals surface area (Å²) >= 11 is 0. The van der Waals surface area contributed by atoms with Crippen LogP contribution < -0.4 is 16.4 Å². The number of benzene rings is 1. The Hall–Kier alpha value is -2.98. The second-order valence-electron chi connectivity index (χ2n) is 11.5. The summed E-state index contributed by atoms with van der Waals surface area (Å²) in [6.07, 6.45) is 3.19.